The largest absolute Gasteiger partial charge is 0.464 e. The van der Waals surface area contributed by atoms with Crippen molar-refractivity contribution in [1.29, 1.82) is 0 Å². The van der Waals surface area contributed by atoms with E-state index in [0.29, 0.717) is 24.5 Å². The maximum absolute atomic E-state index is 11.7. The molecule has 0 aliphatic carbocycles. The van der Waals surface area contributed by atoms with Gasteiger partial charge in [-0.1, -0.05) is 33.7 Å². The molecule has 2 heterocycles. The Bertz CT molecular complexity index is 892. The summed E-state index contributed by atoms with van der Waals surface area (Å²) in [5.41, 5.74) is 1.98. The molecule has 0 saturated heterocycles. The van der Waals surface area contributed by atoms with E-state index in [0.717, 1.165) is 22.9 Å². The van der Waals surface area contributed by atoms with Crippen LogP contribution in [0.3, 0.4) is 0 Å². The number of aromatic nitrogens is 2. The standard InChI is InChI=1S/C24H34N4O4S2/c1-23(2,25-13-17-9-7-11-19(27-17)21(29)31-5)15-33-34-16-24(3,4)26-14-18-10-8-12-20(28-18)22(30)32-6/h7-12,25-26H,13-16H2,1-6H3. The Kier molecular flexibility index (Phi) is 10.8. The van der Waals surface area contributed by atoms with Crippen LogP contribution in [0, 0.1) is 0 Å². The molecule has 2 rings (SSSR count). The molecule has 0 aliphatic rings. The van der Waals surface area contributed by atoms with Crippen LogP contribution in [0.5, 0.6) is 0 Å². The molecule has 0 unspecified atom stereocenters. The highest BCUT2D eigenvalue weighted by Crippen LogP contribution is 2.29. The number of pyridine rings is 2. The Morgan fingerprint density at radius 2 is 1.15 bits per heavy atom. The molecule has 0 saturated carbocycles. The molecular weight excluding hydrogens is 472 g/mol. The maximum Gasteiger partial charge on any atom is 0.356 e. The highest BCUT2D eigenvalue weighted by molar-refractivity contribution is 8.76. The van der Waals surface area contributed by atoms with Crippen molar-refractivity contribution in [3.05, 3.63) is 59.2 Å². The molecule has 2 aromatic heterocycles. The number of esters is 2. The number of nitrogens with zero attached hydrogens (tertiary/aromatic N) is 2. The smallest absolute Gasteiger partial charge is 0.356 e. The van der Waals surface area contributed by atoms with Gasteiger partial charge in [-0.2, -0.15) is 0 Å². The van der Waals surface area contributed by atoms with E-state index >= 15 is 0 Å². The maximum atomic E-state index is 11.7. The molecule has 0 aliphatic heterocycles. The van der Waals surface area contributed by atoms with E-state index in [1.807, 2.05) is 45.9 Å². The van der Waals surface area contributed by atoms with Gasteiger partial charge in [-0.25, -0.2) is 19.6 Å². The Morgan fingerprint density at radius 1 is 0.765 bits per heavy atom. The Morgan fingerprint density at radius 3 is 1.50 bits per heavy atom. The van der Waals surface area contributed by atoms with E-state index in [1.54, 1.807) is 12.1 Å². The van der Waals surface area contributed by atoms with Crippen LogP contribution < -0.4 is 10.6 Å². The van der Waals surface area contributed by atoms with Gasteiger partial charge in [0.25, 0.3) is 0 Å². The molecule has 2 N–H and O–H groups in total. The molecule has 0 bridgehead atoms. The van der Waals surface area contributed by atoms with Crippen LogP contribution in [0.4, 0.5) is 0 Å². The third kappa shape index (κ3) is 9.61. The van der Waals surface area contributed by atoms with Gasteiger partial charge in [0.2, 0.25) is 0 Å². The monoisotopic (exact) mass is 506 g/mol. The minimum absolute atomic E-state index is 0.115. The normalized spacial score (nSPS) is 11.8. The van der Waals surface area contributed by atoms with Gasteiger partial charge in [-0.15, -0.1) is 0 Å². The molecule has 186 valence electrons. The van der Waals surface area contributed by atoms with Crippen LogP contribution in [0.1, 0.15) is 60.1 Å². The highest BCUT2D eigenvalue weighted by Gasteiger charge is 2.21. The summed E-state index contributed by atoms with van der Waals surface area (Å²) in [4.78, 5) is 32.0. The first-order chi connectivity index (χ1) is 16.0. The molecule has 0 aromatic carbocycles. The van der Waals surface area contributed by atoms with Crippen LogP contribution in [-0.2, 0) is 22.6 Å². The lowest BCUT2D eigenvalue weighted by molar-refractivity contribution is 0.0585. The summed E-state index contributed by atoms with van der Waals surface area (Å²) in [6.07, 6.45) is 0. The second-order valence-electron chi connectivity index (χ2n) is 9.01. The van der Waals surface area contributed by atoms with Crippen LogP contribution in [0.2, 0.25) is 0 Å². The summed E-state index contributed by atoms with van der Waals surface area (Å²) < 4.78 is 9.47. The fourth-order valence-corrected chi connectivity index (χ4v) is 5.96. The lowest BCUT2D eigenvalue weighted by Crippen LogP contribution is -2.42. The Hall–Kier alpha value is -2.14. The molecule has 34 heavy (non-hydrogen) atoms. The van der Waals surface area contributed by atoms with Crippen LogP contribution in [0.15, 0.2) is 36.4 Å². The van der Waals surface area contributed by atoms with Crippen molar-refractivity contribution in [2.24, 2.45) is 0 Å². The lowest BCUT2D eigenvalue weighted by atomic mass is 10.1. The molecule has 2 aromatic rings. The average molecular weight is 507 g/mol. The van der Waals surface area contributed by atoms with Gasteiger partial charge in [0.1, 0.15) is 11.4 Å². The number of methoxy groups -OCH3 is 2. The number of carbonyl (C=O) groups is 2. The van der Waals surface area contributed by atoms with Crippen molar-refractivity contribution in [3.8, 4) is 0 Å². The summed E-state index contributed by atoms with van der Waals surface area (Å²) in [6, 6.07) is 10.7. The molecule has 0 spiro atoms. The van der Waals surface area contributed by atoms with Gasteiger partial charge in [0, 0.05) is 35.7 Å². The van der Waals surface area contributed by atoms with E-state index in [9.17, 15) is 9.59 Å². The van der Waals surface area contributed by atoms with E-state index in [-0.39, 0.29) is 11.1 Å². The van der Waals surface area contributed by atoms with Gasteiger partial charge in [-0.3, -0.25) is 0 Å². The predicted molar refractivity (Wildman–Crippen MR) is 138 cm³/mol. The summed E-state index contributed by atoms with van der Waals surface area (Å²) in [7, 11) is 6.32. The van der Waals surface area contributed by atoms with Crippen LogP contribution in [-0.4, -0.2) is 58.7 Å². The highest BCUT2D eigenvalue weighted by atomic mass is 33.1. The fraction of sp³-hybridized carbons (Fsp3) is 0.500. The topological polar surface area (TPSA) is 102 Å². The van der Waals surface area contributed by atoms with Gasteiger partial charge in [0.05, 0.1) is 25.6 Å². The quantitative estimate of drug-likeness (QED) is 0.236. The summed E-state index contributed by atoms with van der Waals surface area (Å²) in [5.74, 6) is 0.924. The molecule has 0 atom stereocenters. The predicted octanol–water partition coefficient (Wildman–Crippen LogP) is 3.87. The van der Waals surface area contributed by atoms with Crippen molar-refractivity contribution < 1.29 is 19.1 Å². The van der Waals surface area contributed by atoms with Crippen LogP contribution in [0.25, 0.3) is 0 Å². The molecule has 8 nitrogen and oxygen atoms in total. The zero-order valence-electron chi connectivity index (χ0n) is 20.6. The summed E-state index contributed by atoms with van der Waals surface area (Å²) in [6.45, 7) is 9.71. The van der Waals surface area contributed by atoms with E-state index in [4.69, 9.17) is 9.47 Å². The molecule has 0 radical (unpaired) electrons. The van der Waals surface area contributed by atoms with Gasteiger partial charge in [0.15, 0.2) is 0 Å². The van der Waals surface area contributed by atoms with Crippen molar-refractivity contribution >= 4 is 33.5 Å². The SMILES string of the molecule is COC(=O)c1cccc(CNC(C)(C)CSSCC(C)(C)NCc2cccc(C(=O)OC)n2)n1. The second kappa shape index (κ2) is 13.1. The van der Waals surface area contributed by atoms with Gasteiger partial charge < -0.3 is 20.1 Å². The Labute approximate surface area is 209 Å². The third-order valence-corrected chi connectivity index (χ3v) is 7.87. The zero-order chi connectivity index (χ0) is 25.2. The number of carbonyl (C=O) groups excluding carboxylic acids is 2. The fourth-order valence-electron chi connectivity index (χ4n) is 2.73. The number of hydrogen-bond donors (Lipinski definition) is 2. The first-order valence-corrected chi connectivity index (χ1v) is 13.4. The minimum Gasteiger partial charge on any atom is -0.464 e. The number of nitrogens with one attached hydrogen (secondary N) is 2. The van der Waals surface area contributed by atoms with E-state index in [1.165, 1.54) is 14.2 Å². The molecule has 0 fully saturated rings. The first kappa shape index (κ1) is 28.1. The van der Waals surface area contributed by atoms with Gasteiger partial charge >= 0.3 is 11.9 Å². The average Bonchev–Trinajstić information content (AvgIpc) is 2.83. The molecular formula is C24H34N4O4S2. The van der Waals surface area contributed by atoms with E-state index in [2.05, 4.69) is 48.3 Å². The third-order valence-electron chi connectivity index (χ3n) is 4.82. The van der Waals surface area contributed by atoms with Crippen LogP contribution >= 0.6 is 21.6 Å². The van der Waals surface area contributed by atoms with Crippen molar-refractivity contribution in [1.82, 2.24) is 20.6 Å². The summed E-state index contributed by atoms with van der Waals surface area (Å²) in [5, 5.41) is 7.02. The lowest BCUT2D eigenvalue weighted by Gasteiger charge is -2.28. The molecule has 10 heteroatoms. The van der Waals surface area contributed by atoms with Gasteiger partial charge in [-0.05, 0) is 52.0 Å². The molecule has 0 amide bonds. The van der Waals surface area contributed by atoms with Crippen molar-refractivity contribution in [2.45, 2.75) is 51.9 Å². The number of rotatable bonds is 13. The minimum atomic E-state index is -0.434. The van der Waals surface area contributed by atoms with Crippen molar-refractivity contribution in [3.63, 3.8) is 0 Å². The Balaban J connectivity index is 1.75. The first-order valence-electron chi connectivity index (χ1n) is 10.9. The number of hydrogen-bond acceptors (Lipinski definition) is 10. The zero-order valence-corrected chi connectivity index (χ0v) is 22.3. The second-order valence-corrected chi connectivity index (χ2v) is 11.5. The van der Waals surface area contributed by atoms with E-state index < -0.39 is 11.9 Å². The van der Waals surface area contributed by atoms with Crippen molar-refractivity contribution in [2.75, 3.05) is 25.7 Å². The summed E-state index contributed by atoms with van der Waals surface area (Å²) >= 11 is 0. The number of ether oxygens (including phenoxy) is 2.